The highest BCUT2D eigenvalue weighted by atomic mass is 16.6. The van der Waals surface area contributed by atoms with Gasteiger partial charge in [-0.15, -0.1) is 0 Å². The molecule has 0 fully saturated rings. The number of hydrogen-bond donors (Lipinski definition) is 1. The van der Waals surface area contributed by atoms with E-state index >= 15 is 0 Å². The average molecular weight is 323 g/mol. The molecule has 0 aliphatic carbocycles. The highest BCUT2D eigenvalue weighted by Gasteiger charge is 2.29. The van der Waals surface area contributed by atoms with Crippen molar-refractivity contribution in [3.05, 3.63) is 83.9 Å². The number of carbonyl (C=O) groups excluding carboxylic acids is 2. The minimum Gasteiger partial charge on any atom is -0.452 e. The van der Waals surface area contributed by atoms with E-state index in [0.717, 1.165) is 11.1 Å². The molecule has 0 radical (unpaired) electrons. The van der Waals surface area contributed by atoms with E-state index in [9.17, 15) is 9.59 Å². The summed E-state index contributed by atoms with van der Waals surface area (Å²) in [6, 6.07) is 18.2. The molecule has 1 N–H and O–H groups in total. The van der Waals surface area contributed by atoms with Gasteiger partial charge >= 0.3 is 12.1 Å². The highest BCUT2D eigenvalue weighted by Crippen LogP contribution is 2.23. The second kappa shape index (κ2) is 7.46. The lowest BCUT2D eigenvalue weighted by Crippen LogP contribution is -2.36. The first-order valence-corrected chi connectivity index (χ1v) is 7.63. The van der Waals surface area contributed by atoms with E-state index in [4.69, 9.17) is 9.47 Å². The Balaban J connectivity index is 1.66. The largest absolute Gasteiger partial charge is 0.452 e. The second-order valence-corrected chi connectivity index (χ2v) is 5.36. The maximum atomic E-state index is 12.1. The molecule has 3 rings (SSSR count). The van der Waals surface area contributed by atoms with Crippen LogP contribution >= 0.6 is 0 Å². The average Bonchev–Trinajstić information content (AvgIpc) is 3.05. The van der Waals surface area contributed by atoms with Crippen molar-refractivity contribution >= 4 is 12.1 Å². The van der Waals surface area contributed by atoms with Crippen LogP contribution in [0.15, 0.2) is 72.8 Å². The molecule has 0 aromatic heterocycles. The van der Waals surface area contributed by atoms with Gasteiger partial charge in [-0.05, 0) is 17.2 Å². The van der Waals surface area contributed by atoms with Crippen molar-refractivity contribution in [2.45, 2.75) is 18.8 Å². The predicted molar refractivity (Wildman–Crippen MR) is 88.0 cm³/mol. The molecule has 0 spiro atoms. The molecule has 1 amide bonds. The molecule has 0 bridgehead atoms. The van der Waals surface area contributed by atoms with Crippen LogP contribution in [0.5, 0.6) is 0 Å². The summed E-state index contributed by atoms with van der Waals surface area (Å²) >= 11 is 0. The predicted octanol–water partition coefficient (Wildman–Crippen LogP) is 3.14. The molecule has 1 heterocycles. The molecular weight excluding hydrogens is 306 g/mol. The minimum atomic E-state index is -0.566. The molecule has 0 saturated carbocycles. The Hall–Kier alpha value is -3.08. The van der Waals surface area contributed by atoms with Crippen molar-refractivity contribution in [2.75, 3.05) is 0 Å². The summed E-state index contributed by atoms with van der Waals surface area (Å²) in [5.41, 5.74) is 1.73. The van der Waals surface area contributed by atoms with Crippen LogP contribution in [0.2, 0.25) is 0 Å². The number of alkyl carbamates (subject to hydrolysis) is 1. The maximum absolute atomic E-state index is 12.1. The fourth-order valence-corrected chi connectivity index (χ4v) is 2.47. The molecular formula is C19H17NO4. The molecule has 2 atom stereocenters. The topological polar surface area (TPSA) is 64.6 Å². The number of carbonyl (C=O) groups is 2. The van der Waals surface area contributed by atoms with E-state index in [0.29, 0.717) is 0 Å². The second-order valence-electron chi connectivity index (χ2n) is 5.36. The number of amides is 1. The molecule has 122 valence electrons. The molecule has 1 aliphatic rings. The van der Waals surface area contributed by atoms with Crippen LogP contribution in [-0.2, 0) is 20.9 Å². The molecule has 0 unspecified atom stereocenters. The van der Waals surface area contributed by atoms with Gasteiger partial charge in [-0.3, -0.25) is 0 Å². The Morgan fingerprint density at radius 1 is 1.08 bits per heavy atom. The van der Waals surface area contributed by atoms with Crippen LogP contribution in [0.25, 0.3) is 0 Å². The molecule has 0 saturated heterocycles. The number of hydrogen-bond acceptors (Lipinski definition) is 4. The lowest BCUT2D eigenvalue weighted by molar-refractivity contribution is -0.139. The van der Waals surface area contributed by atoms with Gasteiger partial charge in [0.25, 0.3) is 0 Å². The van der Waals surface area contributed by atoms with Crippen LogP contribution < -0.4 is 5.32 Å². The monoisotopic (exact) mass is 323 g/mol. The molecule has 5 nitrogen and oxygen atoms in total. The molecule has 2 aromatic rings. The number of esters is 1. The van der Waals surface area contributed by atoms with Crippen molar-refractivity contribution < 1.29 is 19.1 Å². The van der Waals surface area contributed by atoms with Gasteiger partial charge in [0.2, 0.25) is 0 Å². The number of cyclic esters (lactones) is 1. The summed E-state index contributed by atoms with van der Waals surface area (Å²) < 4.78 is 10.5. The zero-order valence-corrected chi connectivity index (χ0v) is 12.9. The standard InChI is InChI=1S/C19H17NO4/c21-17-12-11-16(24-17)18(15-9-5-2-6-10-15)20-19(22)23-13-14-7-3-1-4-8-14/h1-12,16,18H,13H2,(H,20,22)/t16-,18-/m0/s1. The quantitative estimate of drug-likeness (QED) is 0.859. The molecule has 1 aliphatic heterocycles. The fourth-order valence-electron chi connectivity index (χ4n) is 2.47. The number of nitrogens with one attached hydrogen (secondary N) is 1. The Labute approximate surface area is 139 Å². The third-order valence-corrected chi connectivity index (χ3v) is 3.65. The first-order chi connectivity index (χ1) is 11.7. The van der Waals surface area contributed by atoms with Crippen molar-refractivity contribution in [1.29, 1.82) is 0 Å². The summed E-state index contributed by atoms with van der Waals surface area (Å²) in [6.07, 6.45) is 1.88. The van der Waals surface area contributed by atoms with Gasteiger partial charge in [-0.2, -0.15) is 0 Å². The lowest BCUT2D eigenvalue weighted by Gasteiger charge is -2.23. The van der Waals surface area contributed by atoms with E-state index in [1.54, 1.807) is 6.08 Å². The summed E-state index contributed by atoms with van der Waals surface area (Å²) in [5, 5.41) is 2.78. The normalized spacial score (nSPS) is 17.2. The van der Waals surface area contributed by atoms with Gasteiger partial charge in [0.1, 0.15) is 12.7 Å². The van der Waals surface area contributed by atoms with Crippen molar-refractivity contribution in [3.8, 4) is 0 Å². The SMILES string of the molecule is O=C1C=C[C@@H]([C@@H](NC(=O)OCc2ccccc2)c2ccccc2)O1. The summed E-state index contributed by atoms with van der Waals surface area (Å²) in [7, 11) is 0. The van der Waals surface area contributed by atoms with Crippen LogP contribution in [-0.4, -0.2) is 18.2 Å². The third-order valence-electron chi connectivity index (χ3n) is 3.65. The van der Waals surface area contributed by atoms with Gasteiger partial charge in [-0.1, -0.05) is 60.7 Å². The Bertz CT molecular complexity index is 728. The number of benzene rings is 2. The van der Waals surface area contributed by atoms with Crippen molar-refractivity contribution in [1.82, 2.24) is 5.32 Å². The van der Waals surface area contributed by atoms with Gasteiger partial charge in [-0.25, -0.2) is 9.59 Å². The first-order valence-electron chi connectivity index (χ1n) is 7.63. The van der Waals surface area contributed by atoms with Gasteiger partial charge < -0.3 is 14.8 Å². The van der Waals surface area contributed by atoms with Crippen molar-refractivity contribution in [3.63, 3.8) is 0 Å². The fraction of sp³-hybridized carbons (Fsp3) is 0.158. The van der Waals surface area contributed by atoms with E-state index in [-0.39, 0.29) is 6.61 Å². The van der Waals surface area contributed by atoms with Crippen LogP contribution in [0.4, 0.5) is 4.79 Å². The Morgan fingerprint density at radius 2 is 1.75 bits per heavy atom. The Kier molecular flexibility index (Phi) is 4.91. The van der Waals surface area contributed by atoms with Crippen LogP contribution in [0.1, 0.15) is 17.2 Å². The Morgan fingerprint density at radius 3 is 2.38 bits per heavy atom. The van der Waals surface area contributed by atoms with Gasteiger partial charge in [0.15, 0.2) is 0 Å². The van der Waals surface area contributed by atoms with E-state index in [1.807, 2.05) is 60.7 Å². The minimum absolute atomic E-state index is 0.175. The number of ether oxygens (including phenoxy) is 2. The van der Waals surface area contributed by atoms with E-state index < -0.39 is 24.2 Å². The molecule has 5 heteroatoms. The van der Waals surface area contributed by atoms with Crippen LogP contribution in [0, 0.1) is 0 Å². The highest BCUT2D eigenvalue weighted by molar-refractivity contribution is 5.84. The number of rotatable bonds is 5. The third kappa shape index (κ3) is 4.01. The summed E-state index contributed by atoms with van der Waals surface area (Å²) in [6.45, 7) is 0.175. The van der Waals surface area contributed by atoms with E-state index in [1.165, 1.54) is 6.08 Å². The zero-order valence-electron chi connectivity index (χ0n) is 12.9. The summed E-state index contributed by atoms with van der Waals surface area (Å²) in [5.74, 6) is -0.416. The van der Waals surface area contributed by atoms with E-state index in [2.05, 4.69) is 5.32 Å². The zero-order chi connectivity index (χ0) is 16.8. The maximum Gasteiger partial charge on any atom is 0.408 e. The first kappa shape index (κ1) is 15.8. The smallest absolute Gasteiger partial charge is 0.408 e. The lowest BCUT2D eigenvalue weighted by atomic mass is 10.0. The van der Waals surface area contributed by atoms with Crippen LogP contribution in [0.3, 0.4) is 0 Å². The van der Waals surface area contributed by atoms with Gasteiger partial charge in [0.05, 0.1) is 6.04 Å². The molecule has 2 aromatic carbocycles. The van der Waals surface area contributed by atoms with Gasteiger partial charge in [0, 0.05) is 6.08 Å². The molecule has 24 heavy (non-hydrogen) atoms. The van der Waals surface area contributed by atoms with Crippen molar-refractivity contribution in [2.24, 2.45) is 0 Å². The summed E-state index contributed by atoms with van der Waals surface area (Å²) in [4.78, 5) is 23.5.